The molecule has 1 aromatic carbocycles. The molecule has 102 valence electrons. The van der Waals surface area contributed by atoms with Crippen molar-refractivity contribution in [3.05, 3.63) is 29.8 Å². The highest BCUT2D eigenvalue weighted by Crippen LogP contribution is 2.09. The molecule has 0 heterocycles. The average Bonchev–Trinajstić information content (AvgIpc) is 2.38. The molecule has 0 bridgehead atoms. The lowest BCUT2D eigenvalue weighted by atomic mass is 10.2. The Morgan fingerprint density at radius 2 is 1.94 bits per heavy atom. The third-order valence-corrected chi connectivity index (χ3v) is 3.91. The molecule has 0 amide bonds. The van der Waals surface area contributed by atoms with Gasteiger partial charge in [-0.3, -0.25) is 0 Å². The maximum absolute atomic E-state index is 11.9. The van der Waals surface area contributed by atoms with Gasteiger partial charge in [-0.05, 0) is 31.0 Å². The molecular weight excluding hydrogens is 252 g/mol. The van der Waals surface area contributed by atoms with E-state index < -0.39 is 10.0 Å². The van der Waals surface area contributed by atoms with Crippen molar-refractivity contribution in [3.63, 3.8) is 0 Å². The third kappa shape index (κ3) is 4.73. The number of sulfonamides is 1. The van der Waals surface area contributed by atoms with Crippen molar-refractivity contribution in [1.82, 2.24) is 4.72 Å². The summed E-state index contributed by atoms with van der Waals surface area (Å²) in [6, 6.07) is 6.56. The van der Waals surface area contributed by atoms with Crippen molar-refractivity contribution in [2.75, 3.05) is 19.8 Å². The standard InChI is InChI=1S/C12H20N2O3S/c1-2-17-9-3-8-14-18(15,16)12-6-4-11(10-13)5-7-12/h4-7,14H,2-3,8-10,13H2,1H3. The first-order valence-electron chi connectivity index (χ1n) is 5.96. The Morgan fingerprint density at radius 1 is 1.28 bits per heavy atom. The van der Waals surface area contributed by atoms with Crippen LogP contribution < -0.4 is 10.5 Å². The van der Waals surface area contributed by atoms with Crippen LogP contribution in [0.5, 0.6) is 0 Å². The molecule has 0 atom stereocenters. The van der Waals surface area contributed by atoms with Crippen molar-refractivity contribution in [1.29, 1.82) is 0 Å². The second-order valence-electron chi connectivity index (χ2n) is 3.80. The lowest BCUT2D eigenvalue weighted by Crippen LogP contribution is -2.25. The van der Waals surface area contributed by atoms with Crippen LogP contribution in [0.2, 0.25) is 0 Å². The summed E-state index contributed by atoms with van der Waals surface area (Å²) < 4.78 is 31.4. The molecule has 5 nitrogen and oxygen atoms in total. The van der Waals surface area contributed by atoms with E-state index in [4.69, 9.17) is 10.5 Å². The zero-order chi connectivity index (χ0) is 13.4. The summed E-state index contributed by atoms with van der Waals surface area (Å²) >= 11 is 0. The van der Waals surface area contributed by atoms with Gasteiger partial charge in [0.05, 0.1) is 4.90 Å². The van der Waals surface area contributed by atoms with Crippen LogP contribution in [0.15, 0.2) is 29.2 Å². The molecular formula is C12H20N2O3S. The second kappa shape index (κ2) is 7.48. The van der Waals surface area contributed by atoms with Gasteiger partial charge in [-0.15, -0.1) is 0 Å². The zero-order valence-electron chi connectivity index (χ0n) is 10.6. The van der Waals surface area contributed by atoms with E-state index in [2.05, 4.69) is 4.72 Å². The molecule has 0 aliphatic rings. The average molecular weight is 272 g/mol. The Balaban J connectivity index is 2.51. The summed E-state index contributed by atoms with van der Waals surface area (Å²) in [4.78, 5) is 0.260. The first kappa shape index (κ1) is 15.1. The molecule has 0 saturated carbocycles. The third-order valence-electron chi connectivity index (χ3n) is 2.43. The van der Waals surface area contributed by atoms with E-state index in [0.29, 0.717) is 32.7 Å². The molecule has 3 N–H and O–H groups in total. The second-order valence-corrected chi connectivity index (χ2v) is 5.56. The summed E-state index contributed by atoms with van der Waals surface area (Å²) in [6.07, 6.45) is 0.661. The molecule has 0 aromatic heterocycles. The summed E-state index contributed by atoms with van der Waals surface area (Å²) in [7, 11) is -3.42. The van der Waals surface area contributed by atoms with Crippen LogP contribution >= 0.6 is 0 Å². The van der Waals surface area contributed by atoms with Gasteiger partial charge in [0.15, 0.2) is 0 Å². The van der Waals surface area contributed by atoms with Crippen LogP contribution in [0.1, 0.15) is 18.9 Å². The number of hydrogen-bond acceptors (Lipinski definition) is 4. The van der Waals surface area contributed by atoms with Gasteiger partial charge < -0.3 is 10.5 Å². The van der Waals surface area contributed by atoms with E-state index in [1.165, 1.54) is 0 Å². The Kier molecular flexibility index (Phi) is 6.28. The molecule has 0 saturated heterocycles. The molecule has 0 aliphatic carbocycles. The van der Waals surface area contributed by atoms with Crippen LogP contribution in [0.3, 0.4) is 0 Å². The number of rotatable bonds is 8. The smallest absolute Gasteiger partial charge is 0.240 e. The maximum atomic E-state index is 11.9. The van der Waals surface area contributed by atoms with Gasteiger partial charge in [-0.2, -0.15) is 0 Å². The number of nitrogens with two attached hydrogens (primary N) is 1. The molecule has 18 heavy (non-hydrogen) atoms. The topological polar surface area (TPSA) is 81.4 Å². The maximum Gasteiger partial charge on any atom is 0.240 e. The molecule has 0 aliphatic heterocycles. The van der Waals surface area contributed by atoms with Crippen molar-refractivity contribution >= 4 is 10.0 Å². The Bertz CT molecular complexity index is 443. The highest BCUT2D eigenvalue weighted by Gasteiger charge is 2.12. The largest absolute Gasteiger partial charge is 0.382 e. The van der Waals surface area contributed by atoms with Crippen LogP contribution in [-0.2, 0) is 21.3 Å². The van der Waals surface area contributed by atoms with Crippen molar-refractivity contribution < 1.29 is 13.2 Å². The van der Waals surface area contributed by atoms with Gasteiger partial charge in [0.25, 0.3) is 0 Å². The molecule has 0 spiro atoms. The van der Waals surface area contributed by atoms with Gasteiger partial charge >= 0.3 is 0 Å². The normalized spacial score (nSPS) is 11.7. The zero-order valence-corrected chi connectivity index (χ0v) is 11.4. The minimum absolute atomic E-state index is 0.260. The van der Waals surface area contributed by atoms with Gasteiger partial charge in [-0.1, -0.05) is 12.1 Å². The summed E-state index contributed by atoms with van der Waals surface area (Å²) in [5, 5.41) is 0. The lowest BCUT2D eigenvalue weighted by molar-refractivity contribution is 0.146. The quantitative estimate of drug-likeness (QED) is 0.687. The monoisotopic (exact) mass is 272 g/mol. The summed E-state index contributed by atoms with van der Waals surface area (Å²) in [6.45, 7) is 3.89. The SMILES string of the molecule is CCOCCCNS(=O)(=O)c1ccc(CN)cc1. The molecule has 0 unspecified atom stereocenters. The molecule has 1 aromatic rings. The van der Waals surface area contributed by atoms with E-state index in [0.717, 1.165) is 5.56 Å². The Hall–Kier alpha value is -0.950. The first-order valence-corrected chi connectivity index (χ1v) is 7.45. The summed E-state index contributed by atoms with van der Waals surface area (Å²) in [5.74, 6) is 0. The number of ether oxygens (including phenoxy) is 1. The summed E-state index contributed by atoms with van der Waals surface area (Å²) in [5.41, 5.74) is 6.36. The Morgan fingerprint density at radius 3 is 2.50 bits per heavy atom. The minimum Gasteiger partial charge on any atom is -0.382 e. The van der Waals surface area contributed by atoms with Gasteiger partial charge in [-0.25, -0.2) is 13.1 Å². The number of benzene rings is 1. The molecule has 0 fully saturated rings. The molecule has 0 radical (unpaired) electrons. The van der Waals surface area contributed by atoms with E-state index in [1.54, 1.807) is 24.3 Å². The van der Waals surface area contributed by atoms with Crippen LogP contribution in [-0.4, -0.2) is 28.2 Å². The van der Waals surface area contributed by atoms with E-state index >= 15 is 0 Å². The van der Waals surface area contributed by atoms with E-state index in [9.17, 15) is 8.42 Å². The fraction of sp³-hybridized carbons (Fsp3) is 0.500. The predicted octanol–water partition coefficient (Wildman–Crippen LogP) is 0.850. The van der Waals surface area contributed by atoms with Gasteiger partial charge in [0.2, 0.25) is 10.0 Å². The minimum atomic E-state index is -3.42. The van der Waals surface area contributed by atoms with Gasteiger partial charge in [0, 0.05) is 26.3 Å². The van der Waals surface area contributed by atoms with Crippen LogP contribution in [0, 0.1) is 0 Å². The van der Waals surface area contributed by atoms with E-state index in [-0.39, 0.29) is 4.90 Å². The Labute approximate surface area is 108 Å². The lowest BCUT2D eigenvalue weighted by Gasteiger charge is -2.07. The van der Waals surface area contributed by atoms with Gasteiger partial charge in [0.1, 0.15) is 0 Å². The fourth-order valence-corrected chi connectivity index (χ4v) is 2.49. The number of nitrogens with one attached hydrogen (secondary N) is 1. The van der Waals surface area contributed by atoms with E-state index in [1.807, 2.05) is 6.92 Å². The van der Waals surface area contributed by atoms with Crippen LogP contribution in [0.4, 0.5) is 0 Å². The number of hydrogen-bond donors (Lipinski definition) is 2. The highest BCUT2D eigenvalue weighted by molar-refractivity contribution is 7.89. The predicted molar refractivity (Wildman–Crippen MR) is 70.6 cm³/mol. The fourth-order valence-electron chi connectivity index (χ4n) is 1.41. The first-order chi connectivity index (χ1) is 8.60. The molecule has 1 rings (SSSR count). The van der Waals surface area contributed by atoms with Crippen molar-refractivity contribution in [2.24, 2.45) is 5.73 Å². The highest BCUT2D eigenvalue weighted by atomic mass is 32.2. The van der Waals surface area contributed by atoms with Crippen molar-refractivity contribution in [3.8, 4) is 0 Å². The molecule has 6 heteroatoms. The van der Waals surface area contributed by atoms with Crippen LogP contribution in [0.25, 0.3) is 0 Å². The van der Waals surface area contributed by atoms with Crippen molar-refractivity contribution in [2.45, 2.75) is 24.8 Å².